The van der Waals surface area contributed by atoms with E-state index in [0.717, 1.165) is 4.88 Å². The van der Waals surface area contributed by atoms with Gasteiger partial charge in [-0.1, -0.05) is 26.8 Å². The minimum Gasteiger partial charge on any atom is -0.313 e. The number of nitrogens with one attached hydrogen (secondary N) is 1. The molecule has 0 radical (unpaired) electrons. The molecule has 1 atom stereocenters. The highest BCUT2D eigenvalue weighted by Gasteiger charge is 2.27. The molecule has 1 heterocycles. The summed E-state index contributed by atoms with van der Waals surface area (Å²) < 4.78 is 26.5. The van der Waals surface area contributed by atoms with Crippen LogP contribution < -0.4 is 5.32 Å². The molecule has 1 aromatic rings. The van der Waals surface area contributed by atoms with Crippen molar-refractivity contribution in [2.75, 3.05) is 13.1 Å². The van der Waals surface area contributed by atoms with E-state index < -0.39 is 15.3 Å². The SMILES string of the molecule is CCN(Cc1cccs1)S(=O)(=O)C(C)CNC(C)C. The van der Waals surface area contributed by atoms with Gasteiger partial charge in [0, 0.05) is 30.6 Å². The van der Waals surface area contributed by atoms with E-state index in [1.807, 2.05) is 38.3 Å². The summed E-state index contributed by atoms with van der Waals surface area (Å²) in [6.07, 6.45) is 0. The predicted octanol–water partition coefficient (Wildman–Crippen LogP) is 2.29. The summed E-state index contributed by atoms with van der Waals surface area (Å²) in [6.45, 7) is 9.15. The summed E-state index contributed by atoms with van der Waals surface area (Å²) >= 11 is 1.59. The van der Waals surface area contributed by atoms with Gasteiger partial charge in [-0.25, -0.2) is 8.42 Å². The van der Waals surface area contributed by atoms with E-state index in [4.69, 9.17) is 0 Å². The fourth-order valence-corrected chi connectivity index (χ4v) is 4.02. The first-order valence-electron chi connectivity index (χ1n) is 6.62. The van der Waals surface area contributed by atoms with Gasteiger partial charge in [0.15, 0.2) is 0 Å². The molecule has 1 N–H and O–H groups in total. The molecule has 1 unspecified atom stereocenters. The smallest absolute Gasteiger partial charge is 0.218 e. The zero-order valence-electron chi connectivity index (χ0n) is 12.1. The Kier molecular flexibility index (Phi) is 6.46. The van der Waals surface area contributed by atoms with Crippen LogP contribution in [0.25, 0.3) is 0 Å². The fraction of sp³-hybridized carbons (Fsp3) is 0.692. The van der Waals surface area contributed by atoms with Crippen molar-refractivity contribution >= 4 is 21.4 Å². The zero-order valence-corrected chi connectivity index (χ0v) is 13.7. The van der Waals surface area contributed by atoms with Crippen LogP contribution in [0.15, 0.2) is 17.5 Å². The van der Waals surface area contributed by atoms with Gasteiger partial charge in [-0.05, 0) is 18.4 Å². The minimum atomic E-state index is -3.25. The molecule has 1 rings (SSSR count). The molecule has 0 aliphatic carbocycles. The van der Waals surface area contributed by atoms with Crippen molar-refractivity contribution in [1.29, 1.82) is 0 Å². The first kappa shape index (κ1) is 16.6. The topological polar surface area (TPSA) is 49.4 Å². The minimum absolute atomic E-state index is 0.296. The molecule has 19 heavy (non-hydrogen) atoms. The lowest BCUT2D eigenvalue weighted by atomic mass is 10.3. The number of hydrogen-bond donors (Lipinski definition) is 1. The average molecular weight is 304 g/mol. The second-order valence-electron chi connectivity index (χ2n) is 4.92. The van der Waals surface area contributed by atoms with E-state index in [1.165, 1.54) is 0 Å². The summed E-state index contributed by atoms with van der Waals surface area (Å²) in [5.41, 5.74) is 0. The van der Waals surface area contributed by atoms with Gasteiger partial charge < -0.3 is 5.32 Å². The normalized spacial score (nSPS) is 14.2. The van der Waals surface area contributed by atoms with Crippen molar-refractivity contribution in [3.05, 3.63) is 22.4 Å². The Morgan fingerprint density at radius 2 is 2.05 bits per heavy atom. The Bertz CT molecular complexity index is 455. The summed E-state index contributed by atoms with van der Waals surface area (Å²) in [5.74, 6) is 0. The summed E-state index contributed by atoms with van der Waals surface area (Å²) in [6, 6.07) is 4.22. The van der Waals surface area contributed by atoms with Crippen LogP contribution in [-0.2, 0) is 16.6 Å². The molecule has 0 bridgehead atoms. The Labute approximate surface area is 120 Å². The Morgan fingerprint density at radius 1 is 1.37 bits per heavy atom. The van der Waals surface area contributed by atoms with Crippen molar-refractivity contribution < 1.29 is 8.42 Å². The highest BCUT2D eigenvalue weighted by Crippen LogP contribution is 2.17. The lowest BCUT2D eigenvalue weighted by Crippen LogP contribution is -2.42. The van der Waals surface area contributed by atoms with Crippen molar-refractivity contribution in [3.63, 3.8) is 0 Å². The van der Waals surface area contributed by atoms with Gasteiger partial charge in [-0.3, -0.25) is 0 Å². The molecule has 0 aromatic carbocycles. The van der Waals surface area contributed by atoms with E-state index in [1.54, 1.807) is 22.6 Å². The highest BCUT2D eigenvalue weighted by molar-refractivity contribution is 7.89. The first-order chi connectivity index (χ1) is 8.87. The molecule has 0 spiro atoms. The number of hydrogen-bond acceptors (Lipinski definition) is 4. The van der Waals surface area contributed by atoms with Gasteiger partial charge in [0.1, 0.15) is 0 Å². The van der Waals surface area contributed by atoms with Crippen LogP contribution in [-0.4, -0.2) is 37.1 Å². The quantitative estimate of drug-likeness (QED) is 0.801. The van der Waals surface area contributed by atoms with Crippen LogP contribution in [0.5, 0.6) is 0 Å². The van der Waals surface area contributed by atoms with E-state index in [-0.39, 0.29) is 0 Å². The monoisotopic (exact) mass is 304 g/mol. The first-order valence-corrected chi connectivity index (χ1v) is 9.01. The molecule has 0 amide bonds. The molecule has 0 saturated carbocycles. The van der Waals surface area contributed by atoms with Crippen LogP contribution >= 0.6 is 11.3 Å². The van der Waals surface area contributed by atoms with E-state index in [9.17, 15) is 8.42 Å². The molecule has 0 aliphatic heterocycles. The zero-order chi connectivity index (χ0) is 14.5. The molecular formula is C13H24N2O2S2. The van der Waals surface area contributed by atoms with Gasteiger partial charge in [0.2, 0.25) is 10.0 Å². The van der Waals surface area contributed by atoms with E-state index in [0.29, 0.717) is 25.7 Å². The van der Waals surface area contributed by atoms with Crippen molar-refractivity contribution in [2.24, 2.45) is 0 Å². The lowest BCUT2D eigenvalue weighted by molar-refractivity contribution is 0.415. The molecule has 4 nitrogen and oxygen atoms in total. The molecule has 110 valence electrons. The lowest BCUT2D eigenvalue weighted by Gasteiger charge is -2.25. The van der Waals surface area contributed by atoms with Crippen LogP contribution in [0.1, 0.15) is 32.6 Å². The largest absolute Gasteiger partial charge is 0.313 e. The van der Waals surface area contributed by atoms with E-state index >= 15 is 0 Å². The predicted molar refractivity (Wildman–Crippen MR) is 81.9 cm³/mol. The van der Waals surface area contributed by atoms with Crippen LogP contribution in [0.3, 0.4) is 0 Å². The Morgan fingerprint density at radius 3 is 2.53 bits per heavy atom. The third-order valence-electron chi connectivity index (χ3n) is 2.95. The Balaban J connectivity index is 2.71. The number of sulfonamides is 1. The van der Waals surface area contributed by atoms with Crippen LogP contribution in [0.2, 0.25) is 0 Å². The molecule has 0 fully saturated rings. The fourth-order valence-electron chi connectivity index (χ4n) is 1.72. The summed E-state index contributed by atoms with van der Waals surface area (Å²) in [7, 11) is -3.25. The van der Waals surface area contributed by atoms with Crippen molar-refractivity contribution in [2.45, 2.75) is 45.5 Å². The second kappa shape index (κ2) is 7.38. The molecule has 6 heteroatoms. The van der Waals surface area contributed by atoms with Crippen LogP contribution in [0, 0.1) is 0 Å². The second-order valence-corrected chi connectivity index (χ2v) is 8.31. The van der Waals surface area contributed by atoms with Gasteiger partial charge in [-0.15, -0.1) is 11.3 Å². The number of rotatable bonds is 8. The van der Waals surface area contributed by atoms with Gasteiger partial charge in [-0.2, -0.15) is 4.31 Å². The maximum absolute atomic E-state index is 12.5. The van der Waals surface area contributed by atoms with Gasteiger partial charge >= 0.3 is 0 Å². The van der Waals surface area contributed by atoms with Crippen molar-refractivity contribution in [3.8, 4) is 0 Å². The number of nitrogens with zero attached hydrogens (tertiary/aromatic N) is 1. The van der Waals surface area contributed by atoms with Gasteiger partial charge in [0.05, 0.1) is 5.25 Å². The molecule has 0 saturated heterocycles. The molecule has 0 aliphatic rings. The third-order valence-corrected chi connectivity index (χ3v) is 6.10. The Hall–Kier alpha value is -0.430. The highest BCUT2D eigenvalue weighted by atomic mass is 32.2. The maximum Gasteiger partial charge on any atom is 0.218 e. The van der Waals surface area contributed by atoms with Gasteiger partial charge in [0.25, 0.3) is 0 Å². The van der Waals surface area contributed by atoms with Crippen LogP contribution in [0.4, 0.5) is 0 Å². The van der Waals surface area contributed by atoms with E-state index in [2.05, 4.69) is 5.32 Å². The summed E-state index contributed by atoms with van der Waals surface area (Å²) in [5, 5.41) is 4.75. The standard InChI is InChI=1S/C13H24N2O2S2/c1-5-15(10-13-7-6-8-18-13)19(16,17)12(4)9-14-11(2)3/h6-8,11-12,14H,5,9-10H2,1-4H3. The third kappa shape index (κ3) is 4.87. The molecular weight excluding hydrogens is 280 g/mol. The molecule has 1 aromatic heterocycles. The maximum atomic E-state index is 12.5. The summed E-state index contributed by atoms with van der Waals surface area (Å²) in [4.78, 5) is 1.08. The van der Waals surface area contributed by atoms with Crippen molar-refractivity contribution in [1.82, 2.24) is 9.62 Å². The average Bonchev–Trinajstić information content (AvgIpc) is 2.85. The number of thiophene rings is 1.